The van der Waals surface area contributed by atoms with Crippen molar-refractivity contribution in [3.05, 3.63) is 82.9 Å². The van der Waals surface area contributed by atoms with E-state index >= 15 is 0 Å². The van der Waals surface area contributed by atoms with Crippen LogP contribution in [0.3, 0.4) is 0 Å². The van der Waals surface area contributed by atoms with Crippen molar-refractivity contribution in [2.75, 3.05) is 6.54 Å². The molecule has 6 nitrogen and oxygen atoms in total. The summed E-state index contributed by atoms with van der Waals surface area (Å²) in [5, 5.41) is 4.78. The lowest BCUT2D eigenvalue weighted by atomic mass is 9.97. The van der Waals surface area contributed by atoms with Crippen LogP contribution in [0.15, 0.2) is 59.3 Å². The van der Waals surface area contributed by atoms with Gasteiger partial charge in [-0.3, -0.25) is 4.79 Å². The van der Waals surface area contributed by atoms with Crippen LogP contribution in [-0.2, 0) is 6.54 Å². The van der Waals surface area contributed by atoms with Crippen molar-refractivity contribution in [2.24, 2.45) is 0 Å². The molecular weight excluding hydrogens is 376 g/mol. The number of nitrogens with zero attached hydrogens (tertiary/aromatic N) is 4. The highest BCUT2D eigenvalue weighted by molar-refractivity contribution is 6.06. The highest BCUT2D eigenvalue weighted by Gasteiger charge is 2.34. The van der Waals surface area contributed by atoms with Crippen LogP contribution in [0.5, 0.6) is 0 Å². The topological polar surface area (TPSA) is 64.2 Å². The third kappa shape index (κ3) is 2.91. The Bertz CT molecular complexity index is 1220. The Hall–Kier alpha value is -3.41. The number of rotatable bonds is 3. The van der Waals surface area contributed by atoms with Crippen molar-refractivity contribution in [3.63, 3.8) is 0 Å². The van der Waals surface area contributed by atoms with Gasteiger partial charge in [0.1, 0.15) is 0 Å². The zero-order chi connectivity index (χ0) is 20.8. The van der Waals surface area contributed by atoms with Gasteiger partial charge >= 0.3 is 0 Å². The molecule has 0 saturated heterocycles. The molecule has 5 rings (SSSR count). The second-order valence-electron chi connectivity index (χ2n) is 8.14. The van der Waals surface area contributed by atoms with Gasteiger partial charge in [-0.15, -0.1) is 0 Å². The van der Waals surface area contributed by atoms with E-state index in [1.54, 1.807) is 0 Å². The van der Waals surface area contributed by atoms with Gasteiger partial charge in [0.05, 0.1) is 22.7 Å². The molecule has 4 aromatic rings. The van der Waals surface area contributed by atoms with E-state index < -0.39 is 0 Å². The van der Waals surface area contributed by atoms with Gasteiger partial charge in [-0.2, -0.15) is 0 Å². The summed E-state index contributed by atoms with van der Waals surface area (Å²) in [6, 6.07) is 16.1. The lowest BCUT2D eigenvalue weighted by molar-refractivity contribution is 0.0666. The minimum absolute atomic E-state index is 0.0168. The molecule has 1 aliphatic rings. The Morgan fingerprint density at radius 2 is 1.93 bits per heavy atom. The molecule has 0 N–H and O–H groups in total. The maximum absolute atomic E-state index is 14.0. The largest absolute Gasteiger partial charge is 0.348 e. The van der Waals surface area contributed by atoms with Gasteiger partial charge in [0.2, 0.25) is 0 Å². The number of hydrogen-bond donors (Lipinski definition) is 0. The fourth-order valence-electron chi connectivity index (χ4n) is 4.32. The second kappa shape index (κ2) is 7.13. The number of aromatic nitrogens is 3. The molecule has 0 spiro atoms. The van der Waals surface area contributed by atoms with Crippen molar-refractivity contribution < 1.29 is 9.32 Å². The van der Waals surface area contributed by atoms with Crippen molar-refractivity contribution >= 4 is 17.0 Å². The van der Waals surface area contributed by atoms with Crippen LogP contribution >= 0.6 is 0 Å². The summed E-state index contributed by atoms with van der Waals surface area (Å²) in [6.07, 6.45) is 2.08. The number of pyridine rings is 1. The van der Waals surface area contributed by atoms with Crippen molar-refractivity contribution in [2.45, 2.75) is 39.3 Å². The number of aryl methyl sites for hydroxylation is 1. The average molecular weight is 400 g/mol. The maximum atomic E-state index is 14.0. The standard InChI is InChI=1S/C24H24N4O2/c1-15(2)19-14-18(21-16(3)26-30-23(21)25-19)24(29)28-13-12-27-11-7-10-20(27)22(28)17-8-5-4-6-9-17/h4-11,14-15,22H,12-13H2,1-3H3. The normalized spacial score (nSPS) is 16.3. The smallest absolute Gasteiger partial charge is 0.259 e. The minimum Gasteiger partial charge on any atom is -0.348 e. The monoisotopic (exact) mass is 400 g/mol. The Kier molecular flexibility index (Phi) is 4.42. The molecule has 1 aliphatic heterocycles. The van der Waals surface area contributed by atoms with E-state index in [2.05, 4.69) is 53.0 Å². The first-order valence-electron chi connectivity index (χ1n) is 10.3. The summed E-state index contributed by atoms with van der Waals surface area (Å²) in [4.78, 5) is 20.5. The first kappa shape index (κ1) is 18.6. The predicted molar refractivity (Wildman–Crippen MR) is 114 cm³/mol. The highest BCUT2D eigenvalue weighted by atomic mass is 16.5. The second-order valence-corrected chi connectivity index (χ2v) is 8.14. The van der Waals surface area contributed by atoms with E-state index in [1.165, 1.54) is 0 Å². The van der Waals surface area contributed by atoms with Gasteiger partial charge in [-0.05, 0) is 36.6 Å². The fraction of sp³-hybridized carbons (Fsp3) is 0.292. The van der Waals surface area contributed by atoms with Crippen LogP contribution in [0, 0.1) is 6.92 Å². The third-order valence-corrected chi connectivity index (χ3v) is 5.87. The SMILES string of the molecule is Cc1noc2nc(C(C)C)cc(C(=O)N3CCn4cccc4C3c3ccccc3)c12. The Labute approximate surface area is 175 Å². The first-order chi connectivity index (χ1) is 14.5. The van der Waals surface area contributed by atoms with Crippen LogP contribution in [0.25, 0.3) is 11.1 Å². The van der Waals surface area contributed by atoms with Crippen molar-refractivity contribution in [1.29, 1.82) is 0 Å². The summed E-state index contributed by atoms with van der Waals surface area (Å²) >= 11 is 0. The molecule has 0 aliphatic carbocycles. The molecule has 0 radical (unpaired) electrons. The molecule has 1 aromatic carbocycles. The summed E-state index contributed by atoms with van der Waals surface area (Å²) < 4.78 is 7.67. The fourth-order valence-corrected chi connectivity index (χ4v) is 4.32. The van der Waals surface area contributed by atoms with Gasteiger partial charge in [0.25, 0.3) is 11.6 Å². The van der Waals surface area contributed by atoms with Crippen LogP contribution in [0.1, 0.15) is 58.8 Å². The van der Waals surface area contributed by atoms with Gasteiger partial charge in [-0.1, -0.05) is 49.3 Å². The Balaban J connectivity index is 1.66. The van der Waals surface area contributed by atoms with E-state index in [1.807, 2.05) is 42.2 Å². The van der Waals surface area contributed by atoms with Crippen LogP contribution in [-0.4, -0.2) is 32.1 Å². The van der Waals surface area contributed by atoms with Gasteiger partial charge in [0, 0.05) is 30.7 Å². The third-order valence-electron chi connectivity index (χ3n) is 5.87. The summed E-state index contributed by atoms with van der Waals surface area (Å²) in [5.41, 5.74) is 4.78. The lowest BCUT2D eigenvalue weighted by Gasteiger charge is -2.37. The molecule has 1 atom stereocenters. The van der Waals surface area contributed by atoms with Crippen molar-refractivity contribution in [1.82, 2.24) is 19.6 Å². The number of amides is 1. The number of hydrogen-bond acceptors (Lipinski definition) is 4. The van der Waals surface area contributed by atoms with E-state index in [-0.39, 0.29) is 17.9 Å². The number of benzene rings is 1. The highest BCUT2D eigenvalue weighted by Crippen LogP contribution is 2.35. The molecule has 4 heterocycles. The Morgan fingerprint density at radius 3 is 2.70 bits per heavy atom. The predicted octanol–water partition coefficient (Wildman–Crippen LogP) is 4.70. The molecule has 3 aromatic heterocycles. The van der Waals surface area contributed by atoms with Crippen LogP contribution in [0.2, 0.25) is 0 Å². The molecule has 1 unspecified atom stereocenters. The zero-order valence-electron chi connectivity index (χ0n) is 17.4. The molecule has 0 saturated carbocycles. The molecule has 6 heteroatoms. The molecule has 0 bridgehead atoms. The van der Waals surface area contributed by atoms with Crippen LogP contribution in [0.4, 0.5) is 0 Å². The van der Waals surface area contributed by atoms with Crippen LogP contribution < -0.4 is 0 Å². The van der Waals surface area contributed by atoms with Gasteiger partial charge in [-0.25, -0.2) is 4.98 Å². The summed E-state index contributed by atoms with van der Waals surface area (Å²) in [7, 11) is 0. The molecule has 152 valence electrons. The lowest BCUT2D eigenvalue weighted by Crippen LogP contribution is -2.42. The first-order valence-corrected chi connectivity index (χ1v) is 10.3. The zero-order valence-corrected chi connectivity index (χ0v) is 17.4. The number of carbonyl (C=O) groups excluding carboxylic acids is 1. The summed E-state index contributed by atoms with van der Waals surface area (Å²) in [6.45, 7) is 7.38. The quantitative estimate of drug-likeness (QED) is 0.500. The Morgan fingerprint density at radius 1 is 1.13 bits per heavy atom. The minimum atomic E-state index is -0.145. The van der Waals surface area contributed by atoms with E-state index in [0.717, 1.165) is 23.5 Å². The number of fused-ring (bicyclic) bond motifs is 2. The number of carbonyl (C=O) groups is 1. The van der Waals surface area contributed by atoms with Crippen molar-refractivity contribution in [3.8, 4) is 0 Å². The van der Waals surface area contributed by atoms with Gasteiger partial charge in [0.15, 0.2) is 0 Å². The van der Waals surface area contributed by atoms with E-state index in [0.29, 0.717) is 28.9 Å². The van der Waals surface area contributed by atoms with E-state index in [4.69, 9.17) is 4.52 Å². The average Bonchev–Trinajstić information content (AvgIpc) is 3.39. The molecule has 1 amide bonds. The molecular formula is C24H24N4O2. The molecule has 0 fully saturated rings. The molecule has 30 heavy (non-hydrogen) atoms. The van der Waals surface area contributed by atoms with Gasteiger partial charge < -0.3 is 14.0 Å². The maximum Gasteiger partial charge on any atom is 0.259 e. The summed E-state index contributed by atoms with van der Waals surface area (Å²) in [5.74, 6) is 0.159. The van der Waals surface area contributed by atoms with E-state index in [9.17, 15) is 4.79 Å².